The number of carbonyl (C=O) groups is 2. The summed E-state index contributed by atoms with van der Waals surface area (Å²) in [7, 11) is 0. The van der Waals surface area contributed by atoms with Gasteiger partial charge in [0, 0.05) is 10.0 Å². The van der Waals surface area contributed by atoms with Crippen LogP contribution in [0.1, 0.15) is 15.9 Å². The van der Waals surface area contributed by atoms with Crippen molar-refractivity contribution in [1.29, 1.82) is 0 Å². The molecule has 1 amide bonds. The highest BCUT2D eigenvalue weighted by Gasteiger charge is 2.07. The Kier molecular flexibility index (Phi) is 4.45. The van der Waals surface area contributed by atoms with Crippen molar-refractivity contribution in [2.24, 2.45) is 0 Å². The van der Waals surface area contributed by atoms with Gasteiger partial charge < -0.3 is 5.11 Å². The molecule has 0 aromatic heterocycles. The molecular formula is C10H10BrNO4. The monoisotopic (exact) mass is 287 g/mol. The van der Waals surface area contributed by atoms with Crippen molar-refractivity contribution in [2.45, 2.75) is 6.92 Å². The van der Waals surface area contributed by atoms with E-state index >= 15 is 0 Å². The maximum absolute atomic E-state index is 11.5. The van der Waals surface area contributed by atoms with E-state index in [4.69, 9.17) is 5.11 Å². The van der Waals surface area contributed by atoms with Crippen LogP contribution in [0.2, 0.25) is 0 Å². The molecule has 86 valence electrons. The molecule has 0 heterocycles. The summed E-state index contributed by atoms with van der Waals surface area (Å²) < 4.78 is 0.774. The van der Waals surface area contributed by atoms with Gasteiger partial charge in [-0.2, -0.15) is 0 Å². The van der Waals surface area contributed by atoms with Gasteiger partial charge in [0.05, 0.1) is 0 Å². The lowest BCUT2D eigenvalue weighted by molar-refractivity contribution is -0.144. The molecule has 0 aliphatic rings. The number of carbonyl (C=O) groups excluding carboxylic acids is 1. The summed E-state index contributed by atoms with van der Waals surface area (Å²) in [4.78, 5) is 26.1. The Hall–Kier alpha value is -1.40. The first-order chi connectivity index (χ1) is 7.49. The first kappa shape index (κ1) is 12.7. The minimum absolute atomic E-state index is 0.400. The highest BCUT2D eigenvalue weighted by atomic mass is 79.9. The van der Waals surface area contributed by atoms with Gasteiger partial charge in [-0.15, -0.1) is 0 Å². The van der Waals surface area contributed by atoms with Crippen LogP contribution in [0.5, 0.6) is 0 Å². The average Bonchev–Trinajstić information content (AvgIpc) is 2.15. The van der Waals surface area contributed by atoms with Gasteiger partial charge in [0.25, 0.3) is 5.91 Å². The van der Waals surface area contributed by atoms with Crippen LogP contribution in [0.4, 0.5) is 0 Å². The van der Waals surface area contributed by atoms with Crippen molar-refractivity contribution in [1.82, 2.24) is 5.48 Å². The first-order valence-electron chi connectivity index (χ1n) is 4.40. The Morgan fingerprint density at radius 2 is 2.12 bits per heavy atom. The minimum Gasteiger partial charge on any atom is -0.479 e. The number of aliphatic carboxylic acids is 1. The molecule has 0 aliphatic heterocycles. The molecule has 0 spiro atoms. The van der Waals surface area contributed by atoms with Gasteiger partial charge >= 0.3 is 5.97 Å². The van der Waals surface area contributed by atoms with E-state index in [-0.39, 0.29) is 0 Å². The van der Waals surface area contributed by atoms with Crippen LogP contribution in [0.25, 0.3) is 0 Å². The third kappa shape index (κ3) is 4.00. The molecule has 0 fully saturated rings. The van der Waals surface area contributed by atoms with E-state index in [0.29, 0.717) is 5.56 Å². The molecule has 0 bridgehead atoms. The quantitative estimate of drug-likeness (QED) is 0.823. The average molecular weight is 288 g/mol. The molecule has 5 nitrogen and oxygen atoms in total. The van der Waals surface area contributed by atoms with E-state index in [1.54, 1.807) is 12.1 Å². The smallest absolute Gasteiger partial charge is 0.332 e. The number of carboxylic acids is 1. The molecule has 2 N–H and O–H groups in total. The van der Waals surface area contributed by atoms with Crippen LogP contribution in [-0.4, -0.2) is 23.6 Å². The van der Waals surface area contributed by atoms with Crippen molar-refractivity contribution in [3.05, 3.63) is 33.8 Å². The Bertz CT molecular complexity index is 399. The molecule has 0 radical (unpaired) electrons. The van der Waals surface area contributed by atoms with Crippen LogP contribution >= 0.6 is 15.9 Å². The molecule has 1 rings (SSSR count). The fourth-order valence-corrected chi connectivity index (χ4v) is 1.70. The zero-order valence-corrected chi connectivity index (χ0v) is 10.1. The lowest BCUT2D eigenvalue weighted by atomic mass is 10.1. The lowest BCUT2D eigenvalue weighted by Crippen LogP contribution is -2.26. The number of hydrogen-bond acceptors (Lipinski definition) is 3. The third-order valence-electron chi connectivity index (χ3n) is 1.66. The topological polar surface area (TPSA) is 75.6 Å². The number of aryl methyl sites for hydroxylation is 1. The number of halogens is 1. The number of hydrogen-bond donors (Lipinski definition) is 2. The highest BCUT2D eigenvalue weighted by Crippen LogP contribution is 2.15. The number of hydroxylamine groups is 1. The molecular weight excluding hydrogens is 278 g/mol. The summed E-state index contributed by atoms with van der Waals surface area (Å²) in [5.74, 6) is -1.63. The summed E-state index contributed by atoms with van der Waals surface area (Å²) in [6.45, 7) is 1.28. The van der Waals surface area contributed by atoms with Gasteiger partial charge in [0.1, 0.15) is 0 Å². The lowest BCUT2D eigenvalue weighted by Gasteiger charge is -2.05. The molecule has 0 atom stereocenters. The zero-order valence-electron chi connectivity index (χ0n) is 8.49. The van der Waals surface area contributed by atoms with Gasteiger partial charge in [-0.1, -0.05) is 15.9 Å². The molecule has 0 unspecified atom stereocenters. The van der Waals surface area contributed by atoms with Crippen LogP contribution in [-0.2, 0) is 9.63 Å². The van der Waals surface area contributed by atoms with Crippen LogP contribution in [0.15, 0.2) is 22.7 Å². The normalized spacial score (nSPS) is 9.88. The van der Waals surface area contributed by atoms with E-state index in [2.05, 4.69) is 20.8 Å². The van der Waals surface area contributed by atoms with Gasteiger partial charge in [-0.25, -0.2) is 10.3 Å². The van der Waals surface area contributed by atoms with Crippen molar-refractivity contribution in [3.8, 4) is 0 Å². The number of nitrogens with one attached hydrogen (secondary N) is 1. The maximum Gasteiger partial charge on any atom is 0.332 e. The predicted molar refractivity (Wildman–Crippen MR) is 59.9 cm³/mol. The van der Waals surface area contributed by atoms with E-state index in [9.17, 15) is 9.59 Å². The van der Waals surface area contributed by atoms with E-state index < -0.39 is 18.5 Å². The van der Waals surface area contributed by atoms with Crippen molar-refractivity contribution in [2.75, 3.05) is 6.61 Å². The van der Waals surface area contributed by atoms with Crippen molar-refractivity contribution < 1.29 is 19.5 Å². The van der Waals surface area contributed by atoms with E-state index in [1.165, 1.54) is 0 Å². The molecule has 1 aromatic rings. The molecule has 6 heteroatoms. The number of carboxylic acid groups (broad SMARTS) is 1. The second-order valence-corrected chi connectivity index (χ2v) is 4.05. The Balaban J connectivity index is 2.62. The summed E-state index contributed by atoms with van der Waals surface area (Å²) in [6.07, 6.45) is 0. The molecule has 0 aliphatic carbocycles. The maximum atomic E-state index is 11.5. The highest BCUT2D eigenvalue weighted by molar-refractivity contribution is 9.10. The Morgan fingerprint density at radius 1 is 1.44 bits per heavy atom. The number of rotatable bonds is 4. The largest absolute Gasteiger partial charge is 0.479 e. The van der Waals surface area contributed by atoms with Gasteiger partial charge in [0.15, 0.2) is 6.61 Å². The first-order valence-corrected chi connectivity index (χ1v) is 5.19. The van der Waals surface area contributed by atoms with Crippen LogP contribution in [0.3, 0.4) is 0 Å². The summed E-state index contributed by atoms with van der Waals surface area (Å²) in [6, 6.07) is 5.14. The van der Waals surface area contributed by atoms with Crippen LogP contribution in [0, 0.1) is 6.92 Å². The summed E-state index contributed by atoms with van der Waals surface area (Å²) in [5.41, 5.74) is 3.36. The summed E-state index contributed by atoms with van der Waals surface area (Å²) in [5, 5.41) is 8.30. The Labute approximate surface area is 100 Å². The van der Waals surface area contributed by atoms with Gasteiger partial charge in [-0.3, -0.25) is 9.63 Å². The minimum atomic E-state index is -1.15. The fourth-order valence-electron chi connectivity index (χ4n) is 1.09. The number of benzene rings is 1. The molecule has 1 aromatic carbocycles. The fraction of sp³-hybridized carbons (Fsp3) is 0.200. The van der Waals surface area contributed by atoms with Crippen molar-refractivity contribution >= 4 is 27.8 Å². The molecule has 0 saturated heterocycles. The van der Waals surface area contributed by atoms with E-state index in [0.717, 1.165) is 10.0 Å². The van der Waals surface area contributed by atoms with Gasteiger partial charge in [-0.05, 0) is 30.7 Å². The molecule has 0 saturated carbocycles. The second-order valence-electron chi connectivity index (χ2n) is 3.13. The molecule has 16 heavy (non-hydrogen) atoms. The van der Waals surface area contributed by atoms with Crippen LogP contribution < -0.4 is 5.48 Å². The summed E-state index contributed by atoms with van der Waals surface area (Å²) >= 11 is 3.26. The van der Waals surface area contributed by atoms with E-state index in [1.807, 2.05) is 18.5 Å². The third-order valence-corrected chi connectivity index (χ3v) is 2.12. The predicted octanol–water partition coefficient (Wildman–Crippen LogP) is 1.50. The SMILES string of the molecule is Cc1cc(Br)cc(C(=O)NOCC(=O)O)c1. The van der Waals surface area contributed by atoms with Crippen molar-refractivity contribution in [3.63, 3.8) is 0 Å². The van der Waals surface area contributed by atoms with Gasteiger partial charge in [0.2, 0.25) is 0 Å². The zero-order chi connectivity index (χ0) is 12.1. The Morgan fingerprint density at radius 3 is 2.69 bits per heavy atom. The second kappa shape index (κ2) is 5.62. The number of amides is 1. The standard InChI is InChI=1S/C10H10BrNO4/c1-6-2-7(4-8(11)3-6)10(15)12-16-5-9(13)14/h2-4H,5H2,1H3,(H,12,15)(H,13,14).